The third-order valence-electron chi connectivity index (χ3n) is 1.91. The average Bonchev–Trinajstić information content (AvgIpc) is 2.14. The molecule has 0 aliphatic carbocycles. The summed E-state index contributed by atoms with van der Waals surface area (Å²) in [4.78, 5) is 10.5. The molecule has 1 aromatic rings. The van der Waals surface area contributed by atoms with Gasteiger partial charge in [0.1, 0.15) is 10.7 Å². The highest BCUT2D eigenvalue weighted by atomic mass is 79.9. The van der Waals surface area contributed by atoms with Crippen LogP contribution in [-0.2, 0) is 14.8 Å². The zero-order valence-electron chi connectivity index (χ0n) is 8.28. The highest BCUT2D eigenvalue weighted by Gasteiger charge is 2.17. The van der Waals surface area contributed by atoms with Gasteiger partial charge in [0.15, 0.2) is 0 Å². The second-order valence-corrected chi connectivity index (χ2v) is 6.06. The number of nitrogens with two attached hydrogens (primary N) is 1. The lowest BCUT2D eigenvalue weighted by atomic mass is 10.1. The number of sulfonamides is 1. The number of primary sulfonamides is 1. The Kier molecular flexibility index (Phi) is 4.12. The molecule has 0 heterocycles. The summed E-state index contributed by atoms with van der Waals surface area (Å²) in [5.74, 6) is -0.0978. The van der Waals surface area contributed by atoms with Crippen LogP contribution in [0.5, 0.6) is 0 Å². The van der Waals surface area contributed by atoms with E-state index in [1.54, 1.807) is 0 Å². The maximum atomic E-state index is 11.1. The van der Waals surface area contributed by atoms with Gasteiger partial charge in [-0.25, -0.2) is 13.6 Å². The third kappa shape index (κ3) is 3.04. The zero-order valence-corrected chi connectivity index (χ0v) is 11.4. The minimum Gasteiger partial charge on any atom is -0.298 e. The maximum absolute atomic E-state index is 11.1. The highest BCUT2D eigenvalue weighted by Crippen LogP contribution is 2.29. The second kappa shape index (κ2) is 4.83. The summed E-state index contributed by atoms with van der Waals surface area (Å²) in [6.45, 7) is 1.42. The number of ketones is 1. The molecular weight excluding hydrogens is 318 g/mol. The van der Waals surface area contributed by atoms with Crippen LogP contribution in [0.3, 0.4) is 0 Å². The van der Waals surface area contributed by atoms with Crippen LogP contribution in [0.25, 0.3) is 0 Å². The first-order valence-corrected chi connectivity index (χ1v) is 7.04. The van der Waals surface area contributed by atoms with Crippen molar-refractivity contribution in [3.05, 3.63) is 28.8 Å². The van der Waals surface area contributed by atoms with E-state index in [9.17, 15) is 13.2 Å². The quantitative estimate of drug-likeness (QED) is 0.863. The van der Waals surface area contributed by atoms with E-state index in [1.165, 1.54) is 25.1 Å². The Balaban J connectivity index is 3.25. The van der Waals surface area contributed by atoms with Crippen LogP contribution in [0.15, 0.2) is 23.1 Å². The van der Waals surface area contributed by atoms with Crippen molar-refractivity contribution < 1.29 is 13.2 Å². The lowest BCUT2D eigenvalue weighted by Gasteiger charge is -2.08. The van der Waals surface area contributed by atoms with E-state index in [0.29, 0.717) is 5.56 Å². The number of hydrogen-bond donors (Lipinski definition) is 1. The van der Waals surface area contributed by atoms with Crippen molar-refractivity contribution in [3.8, 4) is 0 Å². The molecule has 0 aromatic heterocycles. The molecule has 0 spiro atoms. The Labute approximate surface area is 107 Å². The fourth-order valence-electron chi connectivity index (χ4n) is 1.14. The highest BCUT2D eigenvalue weighted by molar-refractivity contribution is 9.09. The normalized spacial score (nSPS) is 13.5. The van der Waals surface area contributed by atoms with Crippen LogP contribution in [0.4, 0.5) is 0 Å². The molecule has 0 saturated heterocycles. The SMILES string of the molecule is CC(=O)C(Br)c1ccc(S(N)(=O)=O)c(Cl)c1. The Morgan fingerprint density at radius 1 is 1.50 bits per heavy atom. The summed E-state index contributed by atoms with van der Waals surface area (Å²) in [6, 6.07) is 4.18. The molecule has 0 radical (unpaired) electrons. The molecule has 0 aliphatic heterocycles. The topological polar surface area (TPSA) is 77.2 Å². The summed E-state index contributed by atoms with van der Waals surface area (Å²) in [5.41, 5.74) is 0.588. The lowest BCUT2D eigenvalue weighted by molar-refractivity contribution is -0.116. The Morgan fingerprint density at radius 2 is 2.06 bits per heavy atom. The summed E-state index contributed by atoms with van der Waals surface area (Å²) < 4.78 is 22.2. The van der Waals surface area contributed by atoms with Crippen molar-refractivity contribution in [1.82, 2.24) is 0 Å². The number of halogens is 2. The molecule has 7 heteroatoms. The van der Waals surface area contributed by atoms with E-state index in [4.69, 9.17) is 16.7 Å². The molecule has 1 atom stereocenters. The smallest absolute Gasteiger partial charge is 0.239 e. The molecule has 0 fully saturated rings. The molecule has 0 aliphatic rings. The van der Waals surface area contributed by atoms with Crippen molar-refractivity contribution in [1.29, 1.82) is 0 Å². The summed E-state index contributed by atoms with van der Waals surface area (Å²) >= 11 is 8.94. The van der Waals surface area contributed by atoms with Gasteiger partial charge in [-0.1, -0.05) is 33.6 Å². The first-order valence-electron chi connectivity index (χ1n) is 4.20. The van der Waals surface area contributed by atoms with Crippen LogP contribution < -0.4 is 5.14 Å². The average molecular weight is 327 g/mol. The van der Waals surface area contributed by atoms with E-state index >= 15 is 0 Å². The minimum absolute atomic E-state index is 0.00528. The third-order valence-corrected chi connectivity index (χ3v) is 4.48. The summed E-state index contributed by atoms with van der Waals surface area (Å²) in [7, 11) is -3.83. The number of Topliss-reactive ketones (excluding diaryl/α,β-unsaturated/α-hetero) is 1. The van der Waals surface area contributed by atoms with Gasteiger partial charge in [-0.2, -0.15) is 0 Å². The minimum atomic E-state index is -3.83. The molecule has 4 nitrogen and oxygen atoms in total. The van der Waals surface area contributed by atoms with E-state index in [0.717, 1.165) is 0 Å². The molecule has 0 saturated carbocycles. The fraction of sp³-hybridized carbons (Fsp3) is 0.222. The second-order valence-electron chi connectivity index (χ2n) is 3.21. The van der Waals surface area contributed by atoms with Gasteiger partial charge in [0.2, 0.25) is 10.0 Å². The van der Waals surface area contributed by atoms with Crippen LogP contribution in [-0.4, -0.2) is 14.2 Å². The lowest BCUT2D eigenvalue weighted by Crippen LogP contribution is -2.13. The van der Waals surface area contributed by atoms with Gasteiger partial charge >= 0.3 is 0 Å². The molecule has 0 amide bonds. The van der Waals surface area contributed by atoms with Gasteiger partial charge in [0, 0.05) is 0 Å². The van der Waals surface area contributed by atoms with Gasteiger partial charge in [-0.15, -0.1) is 0 Å². The number of benzene rings is 1. The van der Waals surface area contributed by atoms with Crippen LogP contribution in [0.2, 0.25) is 5.02 Å². The number of carbonyl (C=O) groups excluding carboxylic acids is 1. The van der Waals surface area contributed by atoms with Crippen molar-refractivity contribution >= 4 is 43.3 Å². The number of hydrogen-bond acceptors (Lipinski definition) is 3. The van der Waals surface area contributed by atoms with Crippen molar-refractivity contribution in [2.45, 2.75) is 16.6 Å². The molecule has 88 valence electrons. The van der Waals surface area contributed by atoms with Crippen molar-refractivity contribution in [2.75, 3.05) is 0 Å². The van der Waals surface area contributed by atoms with E-state index in [1.807, 2.05) is 0 Å². The largest absolute Gasteiger partial charge is 0.298 e. The molecule has 16 heavy (non-hydrogen) atoms. The first kappa shape index (κ1) is 13.6. The van der Waals surface area contributed by atoms with Gasteiger partial charge in [-0.05, 0) is 24.6 Å². The van der Waals surface area contributed by atoms with Gasteiger partial charge in [0.25, 0.3) is 0 Å². The predicted octanol–water partition coefficient (Wildman–Crippen LogP) is 2.01. The number of alkyl halides is 1. The van der Waals surface area contributed by atoms with Crippen LogP contribution >= 0.6 is 27.5 Å². The summed E-state index contributed by atoms with van der Waals surface area (Å²) in [5, 5.41) is 4.96. The summed E-state index contributed by atoms with van der Waals surface area (Å²) in [6.07, 6.45) is 0. The molecular formula is C9H9BrClNO3S. The van der Waals surface area contributed by atoms with Crippen molar-refractivity contribution in [2.24, 2.45) is 5.14 Å². The molecule has 1 unspecified atom stereocenters. The standard InChI is InChI=1S/C9H9BrClNO3S/c1-5(13)9(10)6-2-3-8(7(11)4-6)16(12,14)15/h2-4,9H,1H3,(H2,12,14,15). The molecule has 1 rings (SSSR count). The van der Waals surface area contributed by atoms with Gasteiger partial charge in [0.05, 0.1) is 9.85 Å². The van der Waals surface area contributed by atoms with E-state index < -0.39 is 14.9 Å². The fourth-order valence-corrected chi connectivity index (χ4v) is 2.53. The first-order chi connectivity index (χ1) is 7.23. The number of carbonyl (C=O) groups is 1. The maximum Gasteiger partial charge on any atom is 0.239 e. The number of rotatable bonds is 3. The molecule has 2 N–H and O–H groups in total. The van der Waals surface area contributed by atoms with Crippen LogP contribution in [0.1, 0.15) is 17.3 Å². The molecule has 1 aromatic carbocycles. The van der Waals surface area contributed by atoms with Crippen LogP contribution in [0, 0.1) is 0 Å². The zero-order chi connectivity index (χ0) is 12.5. The Morgan fingerprint density at radius 3 is 2.44 bits per heavy atom. The Hall–Kier alpha value is -0.430. The molecule has 0 bridgehead atoms. The van der Waals surface area contributed by atoms with Crippen molar-refractivity contribution in [3.63, 3.8) is 0 Å². The van der Waals surface area contributed by atoms with E-state index in [2.05, 4.69) is 15.9 Å². The van der Waals surface area contributed by atoms with E-state index in [-0.39, 0.29) is 15.7 Å². The Bertz CT molecular complexity index is 530. The monoisotopic (exact) mass is 325 g/mol. The van der Waals surface area contributed by atoms with Gasteiger partial charge < -0.3 is 0 Å². The predicted molar refractivity (Wildman–Crippen MR) is 65.2 cm³/mol. The van der Waals surface area contributed by atoms with Gasteiger partial charge in [-0.3, -0.25) is 4.79 Å².